The van der Waals surface area contributed by atoms with E-state index >= 15 is 0 Å². The van der Waals surface area contributed by atoms with Gasteiger partial charge in [0.25, 0.3) is 0 Å². The van der Waals surface area contributed by atoms with E-state index in [4.69, 9.17) is 5.73 Å². The lowest BCUT2D eigenvalue weighted by molar-refractivity contribution is -0.131. The summed E-state index contributed by atoms with van der Waals surface area (Å²) in [7, 11) is 1.54. The van der Waals surface area contributed by atoms with Crippen molar-refractivity contribution < 1.29 is 9.59 Å². The zero-order valence-corrected chi connectivity index (χ0v) is 9.46. The lowest BCUT2D eigenvalue weighted by atomic mass is 9.96. The van der Waals surface area contributed by atoms with E-state index in [0.717, 1.165) is 12.8 Å². The van der Waals surface area contributed by atoms with Gasteiger partial charge in [-0.1, -0.05) is 0 Å². The van der Waals surface area contributed by atoms with Crippen LogP contribution in [0.1, 0.15) is 26.7 Å². The van der Waals surface area contributed by atoms with Gasteiger partial charge in [0.1, 0.15) is 6.04 Å². The summed E-state index contributed by atoms with van der Waals surface area (Å²) in [5, 5.41) is 5.09. The van der Waals surface area contributed by atoms with Crippen molar-refractivity contribution in [1.82, 2.24) is 10.6 Å². The Morgan fingerprint density at radius 1 is 1.47 bits per heavy atom. The average Bonchev–Trinajstić information content (AvgIpc) is 2.99. The van der Waals surface area contributed by atoms with E-state index in [1.807, 2.05) is 0 Å². The van der Waals surface area contributed by atoms with Gasteiger partial charge in [0.05, 0.1) is 5.54 Å². The summed E-state index contributed by atoms with van der Waals surface area (Å²) < 4.78 is 0. The molecule has 0 heterocycles. The van der Waals surface area contributed by atoms with Gasteiger partial charge in [0, 0.05) is 7.05 Å². The van der Waals surface area contributed by atoms with E-state index in [9.17, 15) is 9.59 Å². The number of likely N-dealkylation sites (N-methyl/N-ethyl adjacent to an activating group) is 1. The van der Waals surface area contributed by atoms with Gasteiger partial charge < -0.3 is 16.4 Å². The molecular weight excluding hydrogens is 194 g/mol. The fraction of sp³-hybridized carbons (Fsp3) is 0.800. The van der Waals surface area contributed by atoms with Crippen LogP contribution in [0.5, 0.6) is 0 Å². The highest BCUT2D eigenvalue weighted by atomic mass is 16.2. The van der Waals surface area contributed by atoms with E-state index in [-0.39, 0.29) is 17.7 Å². The first-order valence-corrected chi connectivity index (χ1v) is 5.21. The molecule has 5 nitrogen and oxygen atoms in total. The summed E-state index contributed by atoms with van der Waals surface area (Å²) in [6.07, 6.45) is 1.99. The second kappa shape index (κ2) is 4.18. The van der Waals surface area contributed by atoms with Gasteiger partial charge in [-0.25, -0.2) is 0 Å². The zero-order chi connectivity index (χ0) is 11.6. The summed E-state index contributed by atoms with van der Waals surface area (Å²) in [5.74, 6) is -0.203. The van der Waals surface area contributed by atoms with Gasteiger partial charge in [-0.15, -0.1) is 0 Å². The normalized spacial score (nSPS) is 21.3. The third-order valence-corrected chi connectivity index (χ3v) is 2.90. The number of nitrogens with one attached hydrogen (secondary N) is 2. The largest absolute Gasteiger partial charge is 0.357 e. The third-order valence-electron chi connectivity index (χ3n) is 2.90. The second-order valence-corrected chi connectivity index (χ2v) is 4.37. The van der Waals surface area contributed by atoms with Crippen LogP contribution in [0, 0.1) is 5.92 Å². The van der Waals surface area contributed by atoms with Crippen molar-refractivity contribution in [3.8, 4) is 0 Å². The molecule has 1 aliphatic carbocycles. The van der Waals surface area contributed by atoms with Gasteiger partial charge >= 0.3 is 0 Å². The van der Waals surface area contributed by atoms with E-state index in [2.05, 4.69) is 10.6 Å². The molecule has 0 aliphatic heterocycles. The maximum Gasteiger partial charge on any atom is 0.242 e. The number of carbonyl (C=O) groups is 2. The Hall–Kier alpha value is -1.10. The standard InChI is InChI=1S/C10H19N3O2/c1-6(8(14)12-3)13-9(15)10(2,11)7-4-5-7/h6-7H,4-5,11H2,1-3H3,(H,12,14)(H,13,15). The molecule has 86 valence electrons. The minimum absolute atomic E-state index is 0.213. The Morgan fingerprint density at radius 2 is 2.00 bits per heavy atom. The Balaban J connectivity index is 2.51. The highest BCUT2D eigenvalue weighted by Gasteiger charge is 2.44. The number of amides is 2. The van der Waals surface area contributed by atoms with E-state index < -0.39 is 11.6 Å². The van der Waals surface area contributed by atoms with Crippen molar-refractivity contribution in [3.05, 3.63) is 0 Å². The summed E-state index contributed by atoms with van der Waals surface area (Å²) in [5.41, 5.74) is 5.07. The van der Waals surface area contributed by atoms with Gasteiger partial charge in [0.2, 0.25) is 11.8 Å². The molecule has 1 rings (SSSR count). The molecule has 5 heteroatoms. The second-order valence-electron chi connectivity index (χ2n) is 4.37. The molecule has 15 heavy (non-hydrogen) atoms. The maximum absolute atomic E-state index is 11.8. The number of nitrogens with two attached hydrogens (primary N) is 1. The smallest absolute Gasteiger partial charge is 0.242 e. The van der Waals surface area contributed by atoms with E-state index in [1.54, 1.807) is 13.8 Å². The van der Waals surface area contributed by atoms with Crippen LogP contribution in [0.4, 0.5) is 0 Å². The summed E-state index contributed by atoms with van der Waals surface area (Å²) in [6.45, 7) is 3.36. The number of hydrogen-bond donors (Lipinski definition) is 3. The van der Waals surface area contributed by atoms with Gasteiger partial charge in [-0.05, 0) is 32.6 Å². The predicted octanol–water partition coefficient (Wildman–Crippen LogP) is -0.635. The molecule has 4 N–H and O–H groups in total. The first-order chi connectivity index (χ1) is 6.89. The molecule has 0 spiro atoms. The van der Waals surface area contributed by atoms with Crippen molar-refractivity contribution in [1.29, 1.82) is 0 Å². The Bertz CT molecular complexity index is 272. The fourth-order valence-electron chi connectivity index (χ4n) is 1.50. The predicted molar refractivity (Wildman–Crippen MR) is 57.0 cm³/mol. The minimum atomic E-state index is -0.845. The summed E-state index contributed by atoms with van der Waals surface area (Å²) in [6, 6.07) is -0.538. The van der Waals surface area contributed by atoms with Crippen LogP contribution < -0.4 is 16.4 Å². The summed E-state index contributed by atoms with van der Waals surface area (Å²) >= 11 is 0. The van der Waals surface area contributed by atoms with Gasteiger partial charge in [-0.3, -0.25) is 9.59 Å². The molecule has 0 aromatic rings. The molecule has 1 saturated carbocycles. The van der Waals surface area contributed by atoms with Crippen molar-refractivity contribution in [3.63, 3.8) is 0 Å². The quantitative estimate of drug-likeness (QED) is 0.581. The molecule has 2 amide bonds. The van der Waals surface area contributed by atoms with Crippen LogP contribution in [0.2, 0.25) is 0 Å². The fourth-order valence-corrected chi connectivity index (χ4v) is 1.50. The van der Waals surface area contributed by atoms with Crippen molar-refractivity contribution in [2.45, 2.75) is 38.3 Å². The minimum Gasteiger partial charge on any atom is -0.357 e. The summed E-state index contributed by atoms with van der Waals surface area (Å²) in [4.78, 5) is 23.0. The zero-order valence-electron chi connectivity index (χ0n) is 9.46. The molecule has 1 aliphatic rings. The Labute approximate surface area is 89.8 Å². The first kappa shape index (κ1) is 12.0. The molecule has 0 aromatic heterocycles. The van der Waals surface area contributed by atoms with Crippen LogP contribution in [-0.4, -0.2) is 30.4 Å². The molecular formula is C10H19N3O2. The maximum atomic E-state index is 11.8. The molecule has 1 fully saturated rings. The van der Waals surface area contributed by atoms with Gasteiger partial charge in [0.15, 0.2) is 0 Å². The van der Waals surface area contributed by atoms with Crippen molar-refractivity contribution in [2.24, 2.45) is 11.7 Å². The number of hydrogen-bond acceptors (Lipinski definition) is 3. The molecule has 2 unspecified atom stereocenters. The first-order valence-electron chi connectivity index (χ1n) is 5.21. The van der Waals surface area contributed by atoms with Crippen LogP contribution in [0.15, 0.2) is 0 Å². The van der Waals surface area contributed by atoms with Gasteiger partial charge in [-0.2, -0.15) is 0 Å². The molecule has 2 atom stereocenters. The monoisotopic (exact) mass is 213 g/mol. The number of carbonyl (C=O) groups excluding carboxylic acids is 2. The van der Waals surface area contributed by atoms with Crippen LogP contribution in [0.3, 0.4) is 0 Å². The van der Waals surface area contributed by atoms with Crippen LogP contribution in [-0.2, 0) is 9.59 Å². The SMILES string of the molecule is CNC(=O)C(C)NC(=O)C(C)(N)C1CC1. The topological polar surface area (TPSA) is 84.2 Å². The van der Waals surface area contributed by atoms with Crippen molar-refractivity contribution in [2.75, 3.05) is 7.05 Å². The third kappa shape index (κ3) is 2.68. The van der Waals surface area contributed by atoms with E-state index in [1.165, 1.54) is 7.05 Å². The number of rotatable bonds is 4. The van der Waals surface area contributed by atoms with Crippen LogP contribution >= 0.6 is 0 Å². The lowest BCUT2D eigenvalue weighted by Gasteiger charge is -2.25. The molecule has 0 saturated heterocycles. The van der Waals surface area contributed by atoms with E-state index in [0.29, 0.717) is 0 Å². The molecule has 0 radical (unpaired) electrons. The molecule has 0 aromatic carbocycles. The lowest BCUT2D eigenvalue weighted by Crippen LogP contribution is -2.57. The van der Waals surface area contributed by atoms with Crippen LogP contribution in [0.25, 0.3) is 0 Å². The highest BCUT2D eigenvalue weighted by molar-refractivity contribution is 5.91. The Morgan fingerprint density at radius 3 is 2.40 bits per heavy atom. The Kier molecular flexibility index (Phi) is 3.34. The highest BCUT2D eigenvalue weighted by Crippen LogP contribution is 2.38. The average molecular weight is 213 g/mol. The molecule has 0 bridgehead atoms. The van der Waals surface area contributed by atoms with Crippen molar-refractivity contribution >= 4 is 11.8 Å².